The van der Waals surface area contributed by atoms with Gasteiger partial charge in [0.05, 0.1) is 28.7 Å². The molecule has 4 N–H and O–H groups in total. The fourth-order valence-corrected chi connectivity index (χ4v) is 3.92. The molecule has 1 aliphatic heterocycles. The highest BCUT2D eigenvalue weighted by atomic mass is 19.1. The van der Waals surface area contributed by atoms with Gasteiger partial charge in [0.1, 0.15) is 28.7 Å². The van der Waals surface area contributed by atoms with Crippen molar-refractivity contribution in [1.82, 2.24) is 10.3 Å². The smallest absolute Gasteiger partial charge is 0.432 e. The molecule has 0 unspecified atom stereocenters. The Balaban J connectivity index is 1.93. The first kappa shape index (κ1) is 30.5. The summed E-state index contributed by atoms with van der Waals surface area (Å²) in [6.45, 7) is 10.5. The summed E-state index contributed by atoms with van der Waals surface area (Å²) in [5, 5.41) is 5.60. The third kappa shape index (κ3) is 8.01. The van der Waals surface area contributed by atoms with Crippen LogP contribution in [0.1, 0.15) is 58.3 Å². The van der Waals surface area contributed by atoms with E-state index in [1.54, 1.807) is 46.4 Å². The van der Waals surface area contributed by atoms with E-state index >= 15 is 4.39 Å². The molecule has 1 aliphatic rings. The van der Waals surface area contributed by atoms with Crippen molar-refractivity contribution in [3.05, 3.63) is 53.3 Å². The van der Waals surface area contributed by atoms with Crippen molar-refractivity contribution in [3.8, 4) is 0 Å². The van der Waals surface area contributed by atoms with Gasteiger partial charge in [0.15, 0.2) is 0 Å². The first-order valence-corrected chi connectivity index (χ1v) is 12.6. The molecule has 1 atom stereocenters. The average molecular weight is 566 g/mol. The number of benzene rings is 2. The number of hydrogen-bond donors (Lipinski definition) is 3. The summed E-state index contributed by atoms with van der Waals surface area (Å²) in [5.41, 5.74) is -2.34. The quantitative estimate of drug-likeness (QED) is 0.257. The largest absolute Gasteiger partial charge is 0.444 e. The first-order chi connectivity index (χ1) is 18.4. The number of alkyl carbamates (subject to hydrolysis) is 1. The number of carbonyl (C=O) groups excluding carboxylic acids is 3. The summed E-state index contributed by atoms with van der Waals surface area (Å²) in [7, 11) is 0. The highest BCUT2D eigenvalue weighted by Crippen LogP contribution is 2.33. The fraction of sp³-hybridized carbons (Fsp3) is 0.444. The molecule has 0 saturated carbocycles. The highest BCUT2D eigenvalue weighted by Gasteiger charge is 2.31. The Kier molecular flexibility index (Phi) is 8.87. The summed E-state index contributed by atoms with van der Waals surface area (Å²) >= 11 is 0. The van der Waals surface area contributed by atoms with Gasteiger partial charge in [-0.3, -0.25) is 4.79 Å². The third-order valence-corrected chi connectivity index (χ3v) is 5.58. The lowest BCUT2D eigenvalue weighted by atomic mass is 10.1. The highest BCUT2D eigenvalue weighted by molar-refractivity contribution is 6.07. The van der Waals surface area contributed by atoms with E-state index in [1.807, 2.05) is 0 Å². The second kappa shape index (κ2) is 11.6. The SMILES string of the molecule is CC(C)(C)OC(=O)N[C@H]1CCN(c2cc(Nc3ccc(F)cc3F)c(C(=O)N(N)C(=O)OC(C)(C)C)cc2F)C1. The molecule has 2 aromatic carbocycles. The summed E-state index contributed by atoms with van der Waals surface area (Å²) in [6, 6.07) is 4.50. The van der Waals surface area contributed by atoms with Gasteiger partial charge in [-0.1, -0.05) is 0 Å². The van der Waals surface area contributed by atoms with E-state index in [0.717, 1.165) is 18.2 Å². The van der Waals surface area contributed by atoms with Gasteiger partial charge < -0.3 is 25.0 Å². The maximum atomic E-state index is 15.4. The van der Waals surface area contributed by atoms with Gasteiger partial charge in [0.2, 0.25) is 0 Å². The molecule has 0 radical (unpaired) electrons. The van der Waals surface area contributed by atoms with Gasteiger partial charge in [-0.25, -0.2) is 28.6 Å². The number of rotatable bonds is 5. The molecule has 2 aromatic rings. The number of hydrogen-bond acceptors (Lipinski definition) is 8. The van der Waals surface area contributed by atoms with E-state index in [-0.39, 0.29) is 34.7 Å². The number of hydrazine groups is 1. The zero-order chi connectivity index (χ0) is 30.0. The van der Waals surface area contributed by atoms with Gasteiger partial charge in [-0.05, 0) is 72.2 Å². The van der Waals surface area contributed by atoms with Crippen LogP contribution in [0.5, 0.6) is 0 Å². The number of nitrogens with one attached hydrogen (secondary N) is 2. The molecule has 3 rings (SSSR count). The zero-order valence-electron chi connectivity index (χ0n) is 23.2. The van der Waals surface area contributed by atoms with Crippen molar-refractivity contribution in [2.24, 2.45) is 5.84 Å². The normalized spacial score (nSPS) is 15.4. The van der Waals surface area contributed by atoms with Crippen LogP contribution in [0.15, 0.2) is 30.3 Å². The number of halogens is 3. The van der Waals surface area contributed by atoms with Gasteiger partial charge in [0, 0.05) is 19.2 Å². The summed E-state index contributed by atoms with van der Waals surface area (Å²) in [5.74, 6) is 1.95. The van der Waals surface area contributed by atoms with Gasteiger partial charge in [-0.2, -0.15) is 5.01 Å². The molecule has 1 heterocycles. The van der Waals surface area contributed by atoms with Crippen LogP contribution >= 0.6 is 0 Å². The van der Waals surface area contributed by atoms with Gasteiger partial charge in [-0.15, -0.1) is 0 Å². The standard InChI is InChI=1S/C27H34F3N5O5/c1-26(2,3)39-24(37)32-16-9-10-34(14-16)22-13-21(33-20-8-7-15(28)11-18(20)29)17(12-19(22)30)23(36)35(31)25(38)40-27(4,5)6/h7-8,11-13,16,33H,9-10,14,31H2,1-6H3,(H,32,37)/t16-/m0/s1. The van der Waals surface area contributed by atoms with Crippen LogP contribution in [-0.2, 0) is 9.47 Å². The van der Waals surface area contributed by atoms with E-state index < -0.39 is 52.3 Å². The lowest BCUT2D eigenvalue weighted by Gasteiger charge is -2.25. The molecule has 0 aliphatic carbocycles. The predicted molar refractivity (Wildman–Crippen MR) is 143 cm³/mol. The number of nitrogens with two attached hydrogens (primary N) is 1. The van der Waals surface area contributed by atoms with Crippen molar-refractivity contribution in [2.45, 2.75) is 65.2 Å². The maximum Gasteiger partial charge on any atom is 0.432 e. The summed E-state index contributed by atoms with van der Waals surface area (Å²) < 4.78 is 53.8. The van der Waals surface area contributed by atoms with Crippen molar-refractivity contribution in [3.63, 3.8) is 0 Å². The van der Waals surface area contributed by atoms with E-state index in [1.165, 1.54) is 6.07 Å². The minimum absolute atomic E-state index is 0.0379. The summed E-state index contributed by atoms with van der Waals surface area (Å²) in [6.07, 6.45) is -1.32. The lowest BCUT2D eigenvalue weighted by Crippen LogP contribution is -2.45. The number of carbonyl (C=O) groups is 3. The number of imide groups is 1. The summed E-state index contributed by atoms with van der Waals surface area (Å²) in [4.78, 5) is 39.4. The molecule has 0 spiro atoms. The minimum Gasteiger partial charge on any atom is -0.444 e. The number of ether oxygens (including phenoxy) is 2. The Labute approximate surface area is 230 Å². The maximum absolute atomic E-state index is 15.4. The van der Waals surface area contributed by atoms with Crippen LogP contribution < -0.4 is 21.4 Å². The monoisotopic (exact) mass is 565 g/mol. The van der Waals surface area contributed by atoms with Crippen LogP contribution in [0.3, 0.4) is 0 Å². The molecule has 3 amide bonds. The Morgan fingerprint density at radius 2 is 1.60 bits per heavy atom. The molecule has 218 valence electrons. The number of amides is 3. The number of nitrogens with zero attached hydrogens (tertiary/aromatic N) is 2. The minimum atomic E-state index is -1.18. The van der Waals surface area contributed by atoms with E-state index in [0.29, 0.717) is 19.0 Å². The molecule has 0 bridgehead atoms. The average Bonchev–Trinajstić information content (AvgIpc) is 3.26. The van der Waals surface area contributed by atoms with Crippen LogP contribution in [0.4, 0.5) is 39.8 Å². The van der Waals surface area contributed by atoms with Crippen molar-refractivity contribution >= 4 is 35.2 Å². The second-order valence-electron chi connectivity index (χ2n) is 11.3. The Morgan fingerprint density at radius 3 is 2.20 bits per heavy atom. The second-order valence-corrected chi connectivity index (χ2v) is 11.3. The topological polar surface area (TPSA) is 126 Å². The molecule has 1 fully saturated rings. The predicted octanol–water partition coefficient (Wildman–Crippen LogP) is 5.20. The van der Waals surface area contributed by atoms with Crippen LogP contribution in [0, 0.1) is 17.5 Å². The van der Waals surface area contributed by atoms with Crippen LogP contribution in [0.2, 0.25) is 0 Å². The molecule has 40 heavy (non-hydrogen) atoms. The van der Waals surface area contributed by atoms with Crippen molar-refractivity contribution in [2.75, 3.05) is 23.3 Å². The molecular formula is C27H34F3N5O5. The molecule has 10 nitrogen and oxygen atoms in total. The van der Waals surface area contributed by atoms with Crippen LogP contribution in [0.25, 0.3) is 0 Å². The third-order valence-electron chi connectivity index (χ3n) is 5.58. The molecular weight excluding hydrogens is 531 g/mol. The zero-order valence-corrected chi connectivity index (χ0v) is 23.2. The van der Waals surface area contributed by atoms with Gasteiger partial charge in [0.25, 0.3) is 5.91 Å². The van der Waals surface area contributed by atoms with Crippen LogP contribution in [-0.4, -0.2) is 53.4 Å². The molecule has 1 saturated heterocycles. The van der Waals surface area contributed by atoms with E-state index in [9.17, 15) is 23.2 Å². The number of anilines is 3. The van der Waals surface area contributed by atoms with Crippen molar-refractivity contribution in [1.29, 1.82) is 0 Å². The van der Waals surface area contributed by atoms with Crippen molar-refractivity contribution < 1.29 is 37.0 Å². The van der Waals surface area contributed by atoms with Gasteiger partial charge >= 0.3 is 12.2 Å². The van der Waals surface area contributed by atoms with E-state index in [4.69, 9.17) is 15.3 Å². The Bertz CT molecular complexity index is 1290. The molecule has 0 aromatic heterocycles. The Hall–Kier alpha value is -4.00. The molecule has 13 heteroatoms. The lowest BCUT2D eigenvalue weighted by molar-refractivity contribution is 0.0239. The van der Waals surface area contributed by atoms with E-state index in [2.05, 4.69) is 10.6 Å². The first-order valence-electron chi connectivity index (χ1n) is 12.6. The Morgan fingerprint density at radius 1 is 0.950 bits per heavy atom. The fourth-order valence-electron chi connectivity index (χ4n) is 3.92.